The summed E-state index contributed by atoms with van der Waals surface area (Å²) in [7, 11) is 0. The van der Waals surface area contributed by atoms with Gasteiger partial charge in [0.2, 0.25) is 0 Å². The summed E-state index contributed by atoms with van der Waals surface area (Å²) >= 11 is 0. The Bertz CT molecular complexity index is 157. The van der Waals surface area contributed by atoms with Crippen LogP contribution in [0.15, 0.2) is 0 Å². The summed E-state index contributed by atoms with van der Waals surface area (Å²) in [6, 6.07) is 0. The van der Waals surface area contributed by atoms with Gasteiger partial charge in [0, 0.05) is 12.0 Å². The SMILES string of the molecule is CC(C)(CO)NCCCCC(=O)O. The zero-order valence-corrected chi connectivity index (χ0v) is 8.34. The van der Waals surface area contributed by atoms with Gasteiger partial charge in [0.15, 0.2) is 0 Å². The summed E-state index contributed by atoms with van der Waals surface area (Å²) in [5.74, 6) is -0.749. The second-order valence-corrected chi connectivity index (χ2v) is 3.82. The third-order valence-electron chi connectivity index (χ3n) is 1.82. The van der Waals surface area contributed by atoms with E-state index >= 15 is 0 Å². The van der Waals surface area contributed by atoms with Crippen molar-refractivity contribution in [3.8, 4) is 0 Å². The van der Waals surface area contributed by atoms with Crippen LogP contribution in [0.4, 0.5) is 0 Å². The van der Waals surface area contributed by atoms with Gasteiger partial charge in [-0.2, -0.15) is 0 Å². The minimum atomic E-state index is -0.749. The number of carboxylic acids is 1. The van der Waals surface area contributed by atoms with Gasteiger partial charge in [-0.3, -0.25) is 4.79 Å². The van der Waals surface area contributed by atoms with Crippen molar-refractivity contribution in [1.29, 1.82) is 0 Å². The van der Waals surface area contributed by atoms with Crippen LogP contribution in [0.3, 0.4) is 0 Å². The minimum absolute atomic E-state index is 0.0892. The van der Waals surface area contributed by atoms with Crippen LogP contribution in [0.1, 0.15) is 33.1 Å². The number of aliphatic hydroxyl groups excluding tert-OH is 1. The number of hydrogen-bond acceptors (Lipinski definition) is 3. The van der Waals surface area contributed by atoms with E-state index in [-0.39, 0.29) is 18.6 Å². The molecule has 78 valence electrons. The highest BCUT2D eigenvalue weighted by Gasteiger charge is 2.13. The molecule has 0 aromatic heterocycles. The molecular formula is C9H19NO3. The molecule has 0 radical (unpaired) electrons. The molecule has 0 aromatic rings. The monoisotopic (exact) mass is 189 g/mol. The third-order valence-corrected chi connectivity index (χ3v) is 1.82. The first-order valence-electron chi connectivity index (χ1n) is 4.55. The van der Waals surface area contributed by atoms with Crippen LogP contribution < -0.4 is 5.32 Å². The van der Waals surface area contributed by atoms with Gasteiger partial charge in [0.05, 0.1) is 6.61 Å². The maximum Gasteiger partial charge on any atom is 0.303 e. The van der Waals surface area contributed by atoms with Crippen molar-refractivity contribution in [2.45, 2.75) is 38.6 Å². The van der Waals surface area contributed by atoms with Gasteiger partial charge >= 0.3 is 5.97 Å². The van der Waals surface area contributed by atoms with Crippen LogP contribution in [-0.2, 0) is 4.79 Å². The van der Waals surface area contributed by atoms with Crippen LogP contribution in [0, 0.1) is 0 Å². The predicted octanol–water partition coefficient (Wildman–Crippen LogP) is 0.602. The van der Waals surface area contributed by atoms with Gasteiger partial charge < -0.3 is 15.5 Å². The number of rotatable bonds is 7. The average Bonchev–Trinajstić information content (AvgIpc) is 2.03. The Morgan fingerprint density at radius 3 is 2.46 bits per heavy atom. The first-order valence-corrected chi connectivity index (χ1v) is 4.55. The van der Waals surface area contributed by atoms with E-state index < -0.39 is 5.97 Å². The van der Waals surface area contributed by atoms with E-state index in [2.05, 4.69) is 5.32 Å². The molecule has 0 rings (SSSR count). The van der Waals surface area contributed by atoms with E-state index in [1.165, 1.54) is 0 Å². The summed E-state index contributed by atoms with van der Waals surface area (Å²) < 4.78 is 0. The van der Waals surface area contributed by atoms with Crippen molar-refractivity contribution in [1.82, 2.24) is 5.32 Å². The Morgan fingerprint density at radius 1 is 1.38 bits per heavy atom. The van der Waals surface area contributed by atoms with Crippen LogP contribution in [-0.4, -0.2) is 34.9 Å². The van der Waals surface area contributed by atoms with E-state index in [4.69, 9.17) is 10.2 Å². The molecule has 0 aromatic carbocycles. The number of carbonyl (C=O) groups is 1. The number of nitrogens with one attached hydrogen (secondary N) is 1. The summed E-state index contributed by atoms with van der Waals surface area (Å²) in [5.41, 5.74) is -0.261. The van der Waals surface area contributed by atoms with E-state index in [0.29, 0.717) is 6.42 Å². The van der Waals surface area contributed by atoms with Crippen molar-refractivity contribution >= 4 is 5.97 Å². The van der Waals surface area contributed by atoms with Gasteiger partial charge in [0.25, 0.3) is 0 Å². The highest BCUT2D eigenvalue weighted by molar-refractivity contribution is 5.66. The molecule has 0 aliphatic rings. The number of aliphatic carboxylic acids is 1. The summed E-state index contributed by atoms with van der Waals surface area (Å²) in [6.07, 6.45) is 1.74. The van der Waals surface area contributed by atoms with Crippen LogP contribution >= 0.6 is 0 Å². The predicted molar refractivity (Wildman–Crippen MR) is 50.7 cm³/mol. The molecular weight excluding hydrogens is 170 g/mol. The van der Waals surface area contributed by atoms with Crippen LogP contribution in [0.2, 0.25) is 0 Å². The Morgan fingerprint density at radius 2 is 2.00 bits per heavy atom. The Labute approximate surface area is 79.0 Å². The molecule has 0 amide bonds. The van der Waals surface area contributed by atoms with Crippen LogP contribution in [0.25, 0.3) is 0 Å². The van der Waals surface area contributed by atoms with Crippen molar-refractivity contribution in [3.05, 3.63) is 0 Å². The molecule has 0 atom stereocenters. The zero-order valence-electron chi connectivity index (χ0n) is 8.34. The number of carboxylic acid groups (broad SMARTS) is 1. The lowest BCUT2D eigenvalue weighted by atomic mass is 10.1. The molecule has 3 N–H and O–H groups in total. The lowest BCUT2D eigenvalue weighted by molar-refractivity contribution is -0.137. The van der Waals surface area contributed by atoms with Gasteiger partial charge in [-0.05, 0) is 33.2 Å². The topological polar surface area (TPSA) is 69.6 Å². The lowest BCUT2D eigenvalue weighted by Gasteiger charge is -2.23. The number of hydrogen-bond donors (Lipinski definition) is 3. The van der Waals surface area contributed by atoms with Gasteiger partial charge in [-0.15, -0.1) is 0 Å². The largest absolute Gasteiger partial charge is 0.481 e. The molecule has 0 saturated heterocycles. The Kier molecular flexibility index (Phi) is 5.66. The molecule has 13 heavy (non-hydrogen) atoms. The molecule has 0 saturated carbocycles. The lowest BCUT2D eigenvalue weighted by Crippen LogP contribution is -2.43. The summed E-state index contributed by atoms with van der Waals surface area (Å²) in [5, 5.41) is 20.4. The number of aliphatic hydroxyl groups is 1. The first kappa shape index (κ1) is 12.4. The Hall–Kier alpha value is -0.610. The van der Waals surface area contributed by atoms with E-state index in [1.54, 1.807) is 0 Å². The quantitative estimate of drug-likeness (QED) is 0.513. The Balaban J connectivity index is 3.30. The molecule has 0 bridgehead atoms. The fourth-order valence-electron chi connectivity index (χ4n) is 0.884. The normalized spacial score (nSPS) is 11.6. The minimum Gasteiger partial charge on any atom is -0.481 e. The smallest absolute Gasteiger partial charge is 0.303 e. The number of unbranched alkanes of at least 4 members (excludes halogenated alkanes) is 1. The fraction of sp³-hybridized carbons (Fsp3) is 0.889. The van der Waals surface area contributed by atoms with Gasteiger partial charge in [0.1, 0.15) is 0 Å². The van der Waals surface area contributed by atoms with E-state index in [9.17, 15) is 4.79 Å². The molecule has 0 heterocycles. The molecule has 4 nitrogen and oxygen atoms in total. The molecule has 0 aliphatic heterocycles. The summed E-state index contributed by atoms with van der Waals surface area (Å²) in [4.78, 5) is 10.2. The van der Waals surface area contributed by atoms with Crippen molar-refractivity contribution < 1.29 is 15.0 Å². The van der Waals surface area contributed by atoms with Crippen molar-refractivity contribution in [3.63, 3.8) is 0 Å². The first-order chi connectivity index (χ1) is 5.98. The molecule has 4 heteroatoms. The zero-order chi connectivity index (χ0) is 10.3. The standard InChI is InChI=1S/C9H19NO3/c1-9(2,7-11)10-6-4-3-5-8(12)13/h10-11H,3-7H2,1-2H3,(H,12,13). The average molecular weight is 189 g/mol. The maximum atomic E-state index is 10.2. The molecule has 0 spiro atoms. The third kappa shape index (κ3) is 7.74. The highest BCUT2D eigenvalue weighted by atomic mass is 16.4. The van der Waals surface area contributed by atoms with Gasteiger partial charge in [-0.25, -0.2) is 0 Å². The fourth-order valence-corrected chi connectivity index (χ4v) is 0.884. The maximum absolute atomic E-state index is 10.2. The molecule has 0 fully saturated rings. The van der Waals surface area contributed by atoms with E-state index in [1.807, 2.05) is 13.8 Å². The summed E-state index contributed by atoms with van der Waals surface area (Å²) in [6.45, 7) is 4.65. The molecule has 0 aliphatic carbocycles. The second-order valence-electron chi connectivity index (χ2n) is 3.82. The van der Waals surface area contributed by atoms with Gasteiger partial charge in [-0.1, -0.05) is 0 Å². The molecule has 0 unspecified atom stereocenters. The van der Waals surface area contributed by atoms with Crippen molar-refractivity contribution in [2.75, 3.05) is 13.2 Å². The van der Waals surface area contributed by atoms with Crippen LogP contribution in [0.5, 0.6) is 0 Å². The highest BCUT2D eigenvalue weighted by Crippen LogP contribution is 2.01. The van der Waals surface area contributed by atoms with Crippen molar-refractivity contribution in [2.24, 2.45) is 0 Å². The second kappa shape index (κ2) is 5.94. The van der Waals surface area contributed by atoms with E-state index in [0.717, 1.165) is 13.0 Å².